The number of urea groups is 1. The van der Waals surface area contributed by atoms with Gasteiger partial charge in [-0.15, -0.1) is 0 Å². The summed E-state index contributed by atoms with van der Waals surface area (Å²) in [5, 5.41) is 14.9. The number of benzene rings is 1. The smallest absolute Gasteiger partial charge is 0.323 e. The Morgan fingerprint density at radius 1 is 1.15 bits per heavy atom. The van der Waals surface area contributed by atoms with Crippen molar-refractivity contribution >= 4 is 29.1 Å². The van der Waals surface area contributed by atoms with E-state index in [2.05, 4.69) is 48.2 Å². The minimum Gasteiger partial charge on any atom is -0.481 e. The summed E-state index contributed by atoms with van der Waals surface area (Å²) < 4.78 is 15.2. The normalized spacial score (nSPS) is 17.2. The van der Waals surface area contributed by atoms with Crippen LogP contribution in [0.1, 0.15) is 51.3 Å². The summed E-state index contributed by atoms with van der Waals surface area (Å²) in [7, 11) is 0. The Balaban J connectivity index is 1.94. The molecule has 0 bridgehead atoms. The molecule has 178 valence electrons. The second kappa shape index (κ2) is 10.2. The number of hydrogen-bond donors (Lipinski definition) is 3. The van der Waals surface area contributed by atoms with Gasteiger partial charge in [0.1, 0.15) is 5.82 Å². The van der Waals surface area contributed by atoms with Crippen LogP contribution in [0.25, 0.3) is 0 Å². The SMILES string of the molecule is Cc1ccc(NC(=O)Nc2cc(C3CC3C(=O)O)c(F)cc2N(CC(C)C)CC(C)C)cn1. The maximum Gasteiger partial charge on any atom is 0.323 e. The number of nitrogens with zero attached hydrogens (tertiary/aromatic N) is 2. The average molecular weight is 457 g/mol. The van der Waals surface area contributed by atoms with Crippen LogP contribution in [0, 0.1) is 30.5 Å². The van der Waals surface area contributed by atoms with Crippen LogP contribution in [0.15, 0.2) is 30.5 Å². The zero-order valence-corrected chi connectivity index (χ0v) is 19.9. The number of aromatic nitrogens is 1. The molecule has 0 spiro atoms. The molecule has 7 nitrogen and oxygen atoms in total. The summed E-state index contributed by atoms with van der Waals surface area (Å²) in [5.41, 5.74) is 2.75. The number of aliphatic carboxylic acids is 1. The molecule has 8 heteroatoms. The van der Waals surface area contributed by atoms with Crippen molar-refractivity contribution in [2.24, 2.45) is 17.8 Å². The lowest BCUT2D eigenvalue weighted by Gasteiger charge is -2.31. The third-order valence-electron chi connectivity index (χ3n) is 5.55. The molecule has 0 saturated heterocycles. The van der Waals surface area contributed by atoms with Crippen molar-refractivity contribution in [3.05, 3.63) is 47.5 Å². The van der Waals surface area contributed by atoms with E-state index in [-0.39, 0.29) is 5.92 Å². The fraction of sp³-hybridized carbons (Fsp3) is 0.480. The third-order valence-corrected chi connectivity index (χ3v) is 5.55. The quantitative estimate of drug-likeness (QED) is 0.464. The lowest BCUT2D eigenvalue weighted by molar-refractivity contribution is -0.138. The number of rotatable bonds is 9. The highest BCUT2D eigenvalue weighted by molar-refractivity contribution is 6.02. The summed E-state index contributed by atoms with van der Waals surface area (Å²) in [6.45, 7) is 11.6. The lowest BCUT2D eigenvalue weighted by atomic mass is 10.0. The van der Waals surface area contributed by atoms with Gasteiger partial charge in [-0.25, -0.2) is 9.18 Å². The topological polar surface area (TPSA) is 94.6 Å². The molecule has 2 atom stereocenters. The van der Waals surface area contributed by atoms with Crippen molar-refractivity contribution in [3.8, 4) is 0 Å². The molecular weight excluding hydrogens is 423 g/mol. The van der Waals surface area contributed by atoms with Crippen molar-refractivity contribution < 1.29 is 19.1 Å². The summed E-state index contributed by atoms with van der Waals surface area (Å²) in [6, 6.07) is 6.10. The molecule has 2 aromatic rings. The molecule has 1 saturated carbocycles. The molecule has 2 amide bonds. The number of halogens is 1. The number of anilines is 3. The van der Waals surface area contributed by atoms with Crippen molar-refractivity contribution in [2.45, 2.75) is 47.0 Å². The molecule has 1 aliphatic rings. The predicted octanol–water partition coefficient (Wildman–Crippen LogP) is 5.48. The zero-order valence-electron chi connectivity index (χ0n) is 19.9. The Bertz CT molecular complexity index is 997. The van der Waals surface area contributed by atoms with Gasteiger partial charge in [0.05, 0.1) is 29.2 Å². The van der Waals surface area contributed by atoms with E-state index >= 15 is 4.39 Å². The molecule has 1 aromatic heterocycles. The largest absolute Gasteiger partial charge is 0.481 e. The number of amides is 2. The average Bonchev–Trinajstić information content (AvgIpc) is 3.50. The van der Waals surface area contributed by atoms with Gasteiger partial charge in [0.25, 0.3) is 0 Å². The molecule has 0 radical (unpaired) electrons. The van der Waals surface area contributed by atoms with Crippen molar-refractivity contribution in [1.82, 2.24) is 4.98 Å². The number of aryl methyl sites for hydroxylation is 1. The number of pyridine rings is 1. The highest BCUT2D eigenvalue weighted by Crippen LogP contribution is 2.50. The maximum atomic E-state index is 15.2. The lowest BCUT2D eigenvalue weighted by Crippen LogP contribution is -2.33. The number of nitrogens with one attached hydrogen (secondary N) is 2. The van der Waals surface area contributed by atoms with Gasteiger partial charge in [0.15, 0.2) is 0 Å². The molecular formula is C25H33FN4O3. The third kappa shape index (κ3) is 6.43. The molecule has 33 heavy (non-hydrogen) atoms. The van der Waals surface area contributed by atoms with Gasteiger partial charge in [-0.2, -0.15) is 0 Å². The number of hydrogen-bond acceptors (Lipinski definition) is 4. The predicted molar refractivity (Wildman–Crippen MR) is 128 cm³/mol. The molecule has 1 heterocycles. The van der Waals surface area contributed by atoms with Crippen molar-refractivity contribution in [2.75, 3.05) is 28.6 Å². The first-order chi connectivity index (χ1) is 15.5. The number of carbonyl (C=O) groups excluding carboxylic acids is 1. The van der Waals surface area contributed by atoms with E-state index in [1.54, 1.807) is 24.4 Å². The zero-order chi connectivity index (χ0) is 24.3. The highest BCUT2D eigenvalue weighted by Gasteiger charge is 2.45. The molecule has 1 aliphatic carbocycles. The second-order valence-corrected chi connectivity index (χ2v) is 9.64. The second-order valence-electron chi connectivity index (χ2n) is 9.64. The minimum atomic E-state index is -0.927. The van der Waals surface area contributed by atoms with E-state index in [0.717, 1.165) is 5.69 Å². The fourth-order valence-electron chi connectivity index (χ4n) is 4.02. The molecule has 0 aliphatic heterocycles. The first-order valence-electron chi connectivity index (χ1n) is 11.4. The molecule has 3 rings (SSSR count). The van der Waals surface area contributed by atoms with Crippen LogP contribution in [-0.2, 0) is 4.79 Å². The molecule has 1 aromatic carbocycles. The van der Waals surface area contributed by atoms with Gasteiger partial charge in [0.2, 0.25) is 0 Å². The van der Waals surface area contributed by atoms with Crippen LogP contribution in [0.5, 0.6) is 0 Å². The summed E-state index contributed by atoms with van der Waals surface area (Å²) in [6.07, 6.45) is 1.96. The van der Waals surface area contributed by atoms with Crippen molar-refractivity contribution in [1.29, 1.82) is 0 Å². The Hall–Kier alpha value is -3.16. The van der Waals surface area contributed by atoms with Crippen LogP contribution >= 0.6 is 0 Å². The van der Waals surface area contributed by atoms with E-state index < -0.39 is 23.7 Å². The highest BCUT2D eigenvalue weighted by atomic mass is 19.1. The maximum absolute atomic E-state index is 15.2. The molecule has 1 fully saturated rings. The number of carboxylic acids is 1. The van der Waals surface area contributed by atoms with Gasteiger partial charge < -0.3 is 20.6 Å². The Morgan fingerprint density at radius 2 is 1.82 bits per heavy atom. The van der Waals surface area contributed by atoms with Gasteiger partial charge in [-0.05, 0) is 55.0 Å². The number of carbonyl (C=O) groups is 2. The van der Waals surface area contributed by atoms with Crippen LogP contribution in [-0.4, -0.2) is 35.2 Å². The molecule has 3 N–H and O–H groups in total. The first kappa shape index (κ1) is 24.5. The Kier molecular flexibility index (Phi) is 7.56. The van der Waals surface area contributed by atoms with E-state index in [0.29, 0.717) is 54.0 Å². The van der Waals surface area contributed by atoms with Gasteiger partial charge in [-0.3, -0.25) is 9.78 Å². The fourth-order valence-corrected chi connectivity index (χ4v) is 4.02. The van der Waals surface area contributed by atoms with E-state index in [4.69, 9.17) is 0 Å². The Labute approximate surface area is 194 Å². The van der Waals surface area contributed by atoms with Crippen LogP contribution < -0.4 is 15.5 Å². The molecule has 2 unspecified atom stereocenters. The summed E-state index contributed by atoms with van der Waals surface area (Å²) >= 11 is 0. The van der Waals surface area contributed by atoms with Crippen LogP contribution in [0.3, 0.4) is 0 Å². The van der Waals surface area contributed by atoms with Gasteiger partial charge >= 0.3 is 12.0 Å². The Morgan fingerprint density at radius 3 is 2.33 bits per heavy atom. The monoisotopic (exact) mass is 456 g/mol. The minimum absolute atomic E-state index is 0.326. The number of carboxylic acid groups (broad SMARTS) is 1. The van der Waals surface area contributed by atoms with Gasteiger partial charge in [-0.1, -0.05) is 27.7 Å². The van der Waals surface area contributed by atoms with Crippen LogP contribution in [0.4, 0.5) is 26.2 Å². The first-order valence-corrected chi connectivity index (χ1v) is 11.4. The van der Waals surface area contributed by atoms with E-state index in [1.807, 2.05) is 6.92 Å². The van der Waals surface area contributed by atoms with E-state index in [9.17, 15) is 14.7 Å². The van der Waals surface area contributed by atoms with Gasteiger partial charge in [0, 0.05) is 24.7 Å². The van der Waals surface area contributed by atoms with Crippen LogP contribution in [0.2, 0.25) is 0 Å². The van der Waals surface area contributed by atoms with E-state index in [1.165, 1.54) is 6.07 Å². The summed E-state index contributed by atoms with van der Waals surface area (Å²) in [4.78, 5) is 30.4. The standard InChI is InChI=1S/C25H33FN4O3/c1-14(2)12-30(13-15(3)4)23-10-21(26)19(18-8-20(18)24(31)32)9-22(23)29-25(33)28-17-7-6-16(5)27-11-17/h6-7,9-11,14-15,18,20H,8,12-13H2,1-5H3,(H,31,32)(H2,28,29,33). The summed E-state index contributed by atoms with van der Waals surface area (Å²) in [5.74, 6) is -1.69. The van der Waals surface area contributed by atoms with Crippen molar-refractivity contribution in [3.63, 3.8) is 0 Å².